The Kier molecular flexibility index (Phi) is 6.80. The summed E-state index contributed by atoms with van der Waals surface area (Å²) in [5.74, 6) is 0.787. The Bertz CT molecular complexity index is 2540. The third-order valence-electron chi connectivity index (χ3n) is 9.10. The lowest BCUT2D eigenvalue weighted by atomic mass is 9.99. The van der Waals surface area contributed by atoms with Crippen LogP contribution in [0.3, 0.4) is 0 Å². The number of fused-ring (bicyclic) bond motifs is 4. The van der Waals surface area contributed by atoms with Crippen LogP contribution >= 0.6 is 0 Å². The maximum atomic E-state index is 6.42. The van der Waals surface area contributed by atoms with E-state index in [1.165, 1.54) is 22.1 Å². The van der Waals surface area contributed by atoms with Gasteiger partial charge in [0.05, 0.1) is 5.69 Å². The van der Waals surface area contributed by atoms with Crippen LogP contribution in [0.4, 0.5) is 17.2 Å². The minimum atomic E-state index is 0.620. The van der Waals surface area contributed by atoms with Crippen molar-refractivity contribution < 1.29 is 4.42 Å². The lowest BCUT2D eigenvalue weighted by Crippen LogP contribution is -2.12. The zero-order valence-corrected chi connectivity index (χ0v) is 26.1. The predicted molar refractivity (Wildman–Crippen MR) is 200 cm³/mol. The zero-order chi connectivity index (χ0) is 31.9. The molecule has 7 aromatic carbocycles. The van der Waals surface area contributed by atoms with Gasteiger partial charge in [-0.15, -0.1) is 0 Å². The van der Waals surface area contributed by atoms with Gasteiger partial charge in [-0.05, 0) is 81.1 Å². The number of anilines is 3. The van der Waals surface area contributed by atoms with Crippen molar-refractivity contribution in [3.8, 4) is 33.4 Å². The normalized spacial score (nSPS) is 11.3. The van der Waals surface area contributed by atoms with E-state index in [9.17, 15) is 0 Å². The van der Waals surface area contributed by atoms with Crippen molar-refractivity contribution in [1.29, 1.82) is 0 Å². The van der Waals surface area contributed by atoms with Crippen LogP contribution in [0.1, 0.15) is 0 Å². The molecule has 0 unspecified atom stereocenters. The number of hydrogen-bond acceptors (Lipinski definition) is 3. The third kappa shape index (κ3) is 4.99. The van der Waals surface area contributed by atoms with E-state index in [4.69, 9.17) is 9.40 Å². The number of rotatable bonds is 6. The summed E-state index contributed by atoms with van der Waals surface area (Å²) in [6.07, 6.45) is 0. The lowest BCUT2D eigenvalue weighted by Gasteiger charge is -2.27. The summed E-state index contributed by atoms with van der Waals surface area (Å²) < 4.78 is 6.42. The summed E-state index contributed by atoms with van der Waals surface area (Å²) in [7, 11) is 0. The van der Waals surface area contributed by atoms with Gasteiger partial charge in [-0.1, -0.05) is 140 Å². The molecule has 0 spiro atoms. The highest BCUT2D eigenvalue weighted by atomic mass is 16.3. The second-order valence-corrected chi connectivity index (χ2v) is 12.0. The molecule has 0 bridgehead atoms. The molecule has 0 fully saturated rings. The van der Waals surface area contributed by atoms with Gasteiger partial charge in [0.2, 0.25) is 5.71 Å². The second kappa shape index (κ2) is 11.7. The topological polar surface area (TPSA) is 29.3 Å². The molecule has 9 rings (SSSR count). The molecule has 0 amide bonds. The number of benzene rings is 7. The van der Waals surface area contributed by atoms with Crippen molar-refractivity contribution in [2.45, 2.75) is 0 Å². The first kappa shape index (κ1) is 27.8. The smallest absolute Gasteiger partial charge is 0.229 e. The quantitative estimate of drug-likeness (QED) is 0.187. The Labute approximate surface area is 279 Å². The minimum Gasteiger partial charge on any atom is -0.438 e. The van der Waals surface area contributed by atoms with E-state index in [0.29, 0.717) is 5.71 Å². The number of nitrogens with zero attached hydrogens (tertiary/aromatic N) is 2. The van der Waals surface area contributed by atoms with Crippen LogP contribution in [0.15, 0.2) is 186 Å². The van der Waals surface area contributed by atoms with Gasteiger partial charge in [0.15, 0.2) is 0 Å². The van der Waals surface area contributed by atoms with E-state index < -0.39 is 0 Å². The van der Waals surface area contributed by atoms with Crippen molar-refractivity contribution >= 4 is 50.0 Å². The molecule has 0 saturated heterocycles. The fraction of sp³-hybridized carbons (Fsp3) is 0. The standard InChI is InChI=1S/C45H30N2O/c1-3-11-31(12-4-1)32-19-21-33(22-20-32)34-23-25-38(26-24-34)47(42-18-10-9-17-39(42)35-13-5-2-6-14-35)44-28-27-40-41-29-36-15-7-8-16-37(36)30-43(41)48-45(40)46-44/h1-30H. The van der Waals surface area contributed by atoms with Crippen molar-refractivity contribution in [2.75, 3.05) is 4.90 Å². The first-order chi connectivity index (χ1) is 23.8. The Hall–Kier alpha value is -6.45. The van der Waals surface area contributed by atoms with Crippen LogP contribution in [0, 0.1) is 0 Å². The summed E-state index contributed by atoms with van der Waals surface area (Å²) in [4.78, 5) is 7.40. The maximum Gasteiger partial charge on any atom is 0.229 e. The summed E-state index contributed by atoms with van der Waals surface area (Å²) in [5, 5.41) is 4.41. The average molecular weight is 615 g/mol. The molecule has 2 aromatic heterocycles. The van der Waals surface area contributed by atoms with E-state index in [-0.39, 0.29) is 0 Å². The van der Waals surface area contributed by atoms with Crippen LogP contribution in [0.5, 0.6) is 0 Å². The Balaban J connectivity index is 1.16. The van der Waals surface area contributed by atoms with Crippen molar-refractivity contribution in [3.05, 3.63) is 182 Å². The van der Waals surface area contributed by atoms with Crippen LogP contribution in [-0.2, 0) is 0 Å². The van der Waals surface area contributed by atoms with E-state index >= 15 is 0 Å². The highest BCUT2D eigenvalue weighted by Gasteiger charge is 2.20. The predicted octanol–water partition coefficient (Wildman–Crippen LogP) is 12.6. The molecule has 0 aliphatic heterocycles. The van der Waals surface area contributed by atoms with Gasteiger partial charge < -0.3 is 4.42 Å². The van der Waals surface area contributed by atoms with Gasteiger partial charge >= 0.3 is 0 Å². The van der Waals surface area contributed by atoms with Gasteiger partial charge in [0, 0.05) is 22.0 Å². The number of hydrogen-bond donors (Lipinski definition) is 0. The van der Waals surface area contributed by atoms with Crippen LogP contribution in [0.2, 0.25) is 0 Å². The maximum absolute atomic E-state index is 6.42. The molecule has 48 heavy (non-hydrogen) atoms. The largest absolute Gasteiger partial charge is 0.438 e. The van der Waals surface area contributed by atoms with Crippen molar-refractivity contribution in [1.82, 2.24) is 4.98 Å². The first-order valence-electron chi connectivity index (χ1n) is 16.2. The molecular formula is C45H30N2O. The summed E-state index contributed by atoms with van der Waals surface area (Å²) in [5.41, 5.74) is 10.5. The van der Waals surface area contributed by atoms with Gasteiger partial charge in [0.25, 0.3) is 0 Å². The third-order valence-corrected chi connectivity index (χ3v) is 9.10. The molecule has 3 heteroatoms. The summed E-state index contributed by atoms with van der Waals surface area (Å²) in [6, 6.07) is 64.0. The molecule has 0 atom stereocenters. The second-order valence-electron chi connectivity index (χ2n) is 12.0. The molecule has 2 heterocycles. The van der Waals surface area contributed by atoms with E-state index in [1.54, 1.807) is 0 Å². The SMILES string of the molecule is c1ccc(-c2ccc(-c3ccc(N(c4ccc5c(n4)oc4cc6ccccc6cc45)c4ccccc4-c4ccccc4)cc3)cc2)cc1. The highest BCUT2D eigenvalue weighted by molar-refractivity contribution is 6.09. The zero-order valence-electron chi connectivity index (χ0n) is 26.1. The molecule has 0 saturated carbocycles. The molecule has 0 radical (unpaired) electrons. The monoisotopic (exact) mass is 614 g/mol. The molecule has 3 nitrogen and oxygen atoms in total. The van der Waals surface area contributed by atoms with Crippen molar-refractivity contribution in [3.63, 3.8) is 0 Å². The van der Waals surface area contributed by atoms with Crippen LogP contribution in [0.25, 0.3) is 66.2 Å². The summed E-state index contributed by atoms with van der Waals surface area (Å²) >= 11 is 0. The average Bonchev–Trinajstić information content (AvgIpc) is 3.52. The first-order valence-corrected chi connectivity index (χ1v) is 16.2. The number of aromatic nitrogens is 1. The molecule has 0 aliphatic carbocycles. The molecule has 0 N–H and O–H groups in total. The Morgan fingerprint density at radius 2 is 0.958 bits per heavy atom. The molecular weight excluding hydrogens is 585 g/mol. The number of furan rings is 1. The Morgan fingerprint density at radius 3 is 1.65 bits per heavy atom. The number of pyridine rings is 1. The molecule has 226 valence electrons. The fourth-order valence-electron chi connectivity index (χ4n) is 6.67. The summed E-state index contributed by atoms with van der Waals surface area (Å²) in [6.45, 7) is 0. The highest BCUT2D eigenvalue weighted by Crippen LogP contribution is 2.42. The minimum absolute atomic E-state index is 0.620. The van der Waals surface area contributed by atoms with Crippen LogP contribution < -0.4 is 4.90 Å². The number of para-hydroxylation sites is 1. The van der Waals surface area contributed by atoms with Gasteiger partial charge in [0.1, 0.15) is 11.4 Å². The van der Waals surface area contributed by atoms with E-state index in [0.717, 1.165) is 55.6 Å². The molecule has 9 aromatic rings. The fourth-order valence-corrected chi connectivity index (χ4v) is 6.67. The van der Waals surface area contributed by atoms with Crippen molar-refractivity contribution in [2.24, 2.45) is 0 Å². The van der Waals surface area contributed by atoms with E-state index in [1.807, 2.05) is 6.07 Å². The van der Waals surface area contributed by atoms with Crippen LogP contribution in [-0.4, -0.2) is 4.98 Å². The van der Waals surface area contributed by atoms with Gasteiger partial charge in [-0.2, -0.15) is 4.98 Å². The van der Waals surface area contributed by atoms with Gasteiger partial charge in [-0.25, -0.2) is 0 Å². The van der Waals surface area contributed by atoms with E-state index in [2.05, 4.69) is 181 Å². The lowest BCUT2D eigenvalue weighted by molar-refractivity contribution is 0.655. The Morgan fingerprint density at radius 1 is 0.417 bits per heavy atom. The molecule has 0 aliphatic rings. The van der Waals surface area contributed by atoms with Gasteiger partial charge in [-0.3, -0.25) is 4.90 Å².